The second kappa shape index (κ2) is 8.99. The molecule has 1 aromatic heterocycles. The molecule has 3 rings (SSSR count). The average Bonchev–Trinajstić information content (AvgIpc) is 3.28. The maximum Gasteiger partial charge on any atom is 0.234 e. The average molecular weight is 400 g/mol. The van der Waals surface area contributed by atoms with E-state index in [1.807, 2.05) is 38.1 Å². The van der Waals surface area contributed by atoms with Gasteiger partial charge in [0.1, 0.15) is 5.01 Å². The number of amides is 1. The van der Waals surface area contributed by atoms with Crippen molar-refractivity contribution in [3.05, 3.63) is 39.9 Å². The zero-order valence-corrected chi connectivity index (χ0v) is 16.7. The number of carbonyl (C=O) groups is 1. The van der Waals surface area contributed by atoms with Crippen LogP contribution in [0.5, 0.6) is 0 Å². The van der Waals surface area contributed by atoms with Crippen LogP contribution in [0, 0.1) is 12.8 Å². The van der Waals surface area contributed by atoms with Gasteiger partial charge in [-0.2, -0.15) is 0 Å². The van der Waals surface area contributed by atoms with Gasteiger partial charge in [-0.25, -0.2) is 4.98 Å². The van der Waals surface area contributed by atoms with E-state index in [0.717, 1.165) is 33.6 Å². The molecule has 2 N–H and O–H groups in total. The molecule has 1 amide bonds. The van der Waals surface area contributed by atoms with E-state index in [4.69, 9.17) is 11.6 Å². The predicted molar refractivity (Wildman–Crippen MR) is 107 cm³/mol. The normalized spacial score (nSPS) is 14.7. The summed E-state index contributed by atoms with van der Waals surface area (Å²) in [6.45, 7) is 5.31. The number of hydrogen-bond donors (Lipinski definition) is 2. The smallest absolute Gasteiger partial charge is 0.234 e. The summed E-state index contributed by atoms with van der Waals surface area (Å²) in [5, 5.41) is 7.94. The second-order valence-electron chi connectivity index (χ2n) is 6.34. The molecule has 4 nitrogen and oxygen atoms in total. The Morgan fingerprint density at radius 3 is 2.68 bits per heavy atom. The lowest BCUT2D eigenvalue weighted by Crippen LogP contribution is -2.36. The molecule has 0 radical (unpaired) electrons. The van der Waals surface area contributed by atoms with Gasteiger partial charge in [0, 0.05) is 10.6 Å². The van der Waals surface area contributed by atoms with E-state index in [0.29, 0.717) is 11.6 Å². The van der Waals surface area contributed by atoms with Crippen LogP contribution in [0.15, 0.2) is 24.3 Å². The summed E-state index contributed by atoms with van der Waals surface area (Å²) in [4.78, 5) is 17.8. The molecule has 1 unspecified atom stereocenters. The Hall–Kier alpha value is -1.14. The Kier molecular flexibility index (Phi) is 7.25. The van der Waals surface area contributed by atoms with Crippen molar-refractivity contribution in [3.8, 4) is 10.6 Å². The first-order valence-corrected chi connectivity index (χ1v) is 9.45. The molecule has 0 bridgehead atoms. The number of nitrogens with zero attached hydrogens (tertiary/aromatic N) is 1. The van der Waals surface area contributed by atoms with Gasteiger partial charge in [-0.05, 0) is 51.3 Å². The molecule has 1 heterocycles. The molecular weight excluding hydrogens is 377 g/mol. The molecule has 25 heavy (non-hydrogen) atoms. The highest BCUT2D eigenvalue weighted by Gasteiger charge is 2.21. The molecule has 1 aliphatic carbocycles. The lowest BCUT2D eigenvalue weighted by atomic mass is 10.2. The maximum atomic E-state index is 12.1. The molecule has 1 atom stereocenters. The SMILES string of the molecule is Cc1nc(-c2ccc(Cl)cc2)sc1C(C)NC(=O)CNCC1CC1.Cl. The van der Waals surface area contributed by atoms with Crippen LogP contribution in [-0.2, 0) is 4.79 Å². The number of hydrogen-bond acceptors (Lipinski definition) is 4. The second-order valence-corrected chi connectivity index (χ2v) is 7.81. The van der Waals surface area contributed by atoms with E-state index in [9.17, 15) is 4.79 Å². The van der Waals surface area contributed by atoms with Crippen LogP contribution in [0.3, 0.4) is 0 Å². The minimum Gasteiger partial charge on any atom is -0.348 e. The summed E-state index contributed by atoms with van der Waals surface area (Å²) in [7, 11) is 0. The standard InChI is InChI=1S/C18H22ClN3OS.ClH/c1-11(21-16(23)10-20-9-13-3-4-13)17-12(2)22-18(24-17)14-5-7-15(19)8-6-14;/h5-8,11,13,20H,3-4,9-10H2,1-2H3,(H,21,23);1H. The zero-order chi connectivity index (χ0) is 17.1. The summed E-state index contributed by atoms with van der Waals surface area (Å²) in [5.41, 5.74) is 2.01. The van der Waals surface area contributed by atoms with Gasteiger partial charge < -0.3 is 10.6 Å². The molecular formula is C18H23Cl2N3OS. The molecule has 1 aromatic carbocycles. The number of carbonyl (C=O) groups excluding carboxylic acids is 1. The monoisotopic (exact) mass is 399 g/mol. The first-order valence-electron chi connectivity index (χ1n) is 8.26. The number of thiazole rings is 1. The summed E-state index contributed by atoms with van der Waals surface area (Å²) < 4.78 is 0. The molecule has 1 saturated carbocycles. The van der Waals surface area contributed by atoms with Crippen LogP contribution < -0.4 is 10.6 Å². The van der Waals surface area contributed by atoms with E-state index < -0.39 is 0 Å². The molecule has 136 valence electrons. The quantitative estimate of drug-likeness (QED) is 0.726. The highest BCUT2D eigenvalue weighted by Crippen LogP contribution is 2.32. The number of benzene rings is 1. The van der Waals surface area contributed by atoms with Gasteiger partial charge in [-0.1, -0.05) is 23.7 Å². The predicted octanol–water partition coefficient (Wildman–Crippen LogP) is 4.37. The van der Waals surface area contributed by atoms with Crippen molar-refractivity contribution in [1.82, 2.24) is 15.6 Å². The van der Waals surface area contributed by atoms with Gasteiger partial charge in [0.2, 0.25) is 5.91 Å². The Labute approximate surface area is 163 Å². The minimum absolute atomic E-state index is 0. The van der Waals surface area contributed by atoms with Crippen molar-refractivity contribution < 1.29 is 4.79 Å². The highest BCUT2D eigenvalue weighted by molar-refractivity contribution is 7.15. The Morgan fingerprint density at radius 2 is 2.04 bits per heavy atom. The number of rotatable bonds is 7. The third kappa shape index (κ3) is 5.68. The third-order valence-electron chi connectivity index (χ3n) is 4.11. The summed E-state index contributed by atoms with van der Waals surface area (Å²) in [6.07, 6.45) is 2.58. The van der Waals surface area contributed by atoms with Gasteiger partial charge in [-0.15, -0.1) is 23.7 Å². The molecule has 7 heteroatoms. The first-order chi connectivity index (χ1) is 11.5. The van der Waals surface area contributed by atoms with Crippen LogP contribution in [0.25, 0.3) is 10.6 Å². The number of halogens is 2. The van der Waals surface area contributed by atoms with E-state index in [1.165, 1.54) is 12.8 Å². The van der Waals surface area contributed by atoms with Crippen LogP contribution in [0.2, 0.25) is 5.02 Å². The van der Waals surface area contributed by atoms with Crippen molar-refractivity contribution in [2.24, 2.45) is 5.92 Å². The van der Waals surface area contributed by atoms with Crippen molar-refractivity contribution in [2.45, 2.75) is 32.7 Å². The van der Waals surface area contributed by atoms with E-state index >= 15 is 0 Å². The van der Waals surface area contributed by atoms with Crippen molar-refractivity contribution >= 4 is 41.3 Å². The topological polar surface area (TPSA) is 54.0 Å². The Morgan fingerprint density at radius 1 is 1.36 bits per heavy atom. The van der Waals surface area contributed by atoms with Gasteiger partial charge >= 0.3 is 0 Å². The molecule has 1 aliphatic rings. The Balaban J connectivity index is 0.00000225. The van der Waals surface area contributed by atoms with Crippen LogP contribution in [-0.4, -0.2) is 24.0 Å². The maximum absolute atomic E-state index is 12.1. The van der Waals surface area contributed by atoms with E-state index in [-0.39, 0.29) is 24.4 Å². The summed E-state index contributed by atoms with van der Waals surface area (Å²) >= 11 is 7.56. The van der Waals surface area contributed by atoms with E-state index in [1.54, 1.807) is 11.3 Å². The summed E-state index contributed by atoms with van der Waals surface area (Å²) in [6, 6.07) is 7.62. The fourth-order valence-electron chi connectivity index (χ4n) is 2.60. The van der Waals surface area contributed by atoms with Crippen molar-refractivity contribution in [1.29, 1.82) is 0 Å². The van der Waals surface area contributed by atoms with Crippen molar-refractivity contribution in [2.75, 3.05) is 13.1 Å². The summed E-state index contributed by atoms with van der Waals surface area (Å²) in [5.74, 6) is 0.810. The van der Waals surface area contributed by atoms with Crippen LogP contribution >= 0.6 is 35.3 Å². The van der Waals surface area contributed by atoms with Gasteiger partial charge in [-0.3, -0.25) is 4.79 Å². The Bertz CT molecular complexity index is 714. The fourth-order valence-corrected chi connectivity index (χ4v) is 3.80. The number of nitrogens with one attached hydrogen (secondary N) is 2. The lowest BCUT2D eigenvalue weighted by Gasteiger charge is -2.13. The van der Waals surface area contributed by atoms with Gasteiger partial charge in [0.15, 0.2) is 0 Å². The largest absolute Gasteiger partial charge is 0.348 e. The minimum atomic E-state index is -0.0428. The third-order valence-corrected chi connectivity index (χ3v) is 5.75. The van der Waals surface area contributed by atoms with Gasteiger partial charge in [0.25, 0.3) is 0 Å². The van der Waals surface area contributed by atoms with E-state index in [2.05, 4.69) is 15.6 Å². The molecule has 0 aliphatic heterocycles. The zero-order valence-electron chi connectivity index (χ0n) is 14.3. The lowest BCUT2D eigenvalue weighted by molar-refractivity contribution is -0.120. The number of aryl methyl sites for hydroxylation is 1. The number of aromatic nitrogens is 1. The first kappa shape index (κ1) is 20.2. The molecule has 1 fully saturated rings. The molecule has 2 aromatic rings. The fraction of sp³-hybridized carbons (Fsp3) is 0.444. The van der Waals surface area contributed by atoms with Crippen molar-refractivity contribution in [3.63, 3.8) is 0 Å². The molecule has 0 saturated heterocycles. The highest BCUT2D eigenvalue weighted by atomic mass is 35.5. The van der Waals surface area contributed by atoms with Crippen LogP contribution in [0.1, 0.15) is 36.4 Å². The molecule has 0 spiro atoms. The van der Waals surface area contributed by atoms with Crippen LogP contribution in [0.4, 0.5) is 0 Å². The van der Waals surface area contributed by atoms with Gasteiger partial charge in [0.05, 0.1) is 23.2 Å².